The zero-order valence-corrected chi connectivity index (χ0v) is 12.4. The van der Waals surface area contributed by atoms with Crippen LogP contribution in [0.4, 0.5) is 0 Å². The maximum atomic E-state index is 5.98. The third-order valence-corrected chi connectivity index (χ3v) is 4.00. The van der Waals surface area contributed by atoms with Crippen molar-refractivity contribution in [2.24, 2.45) is 0 Å². The fraction of sp³-hybridized carbons (Fsp3) is 0.385. The summed E-state index contributed by atoms with van der Waals surface area (Å²) in [7, 11) is 0. The molecular formula is C13H17ClN4S. The molecule has 0 spiro atoms. The van der Waals surface area contributed by atoms with Crippen LogP contribution in [0.15, 0.2) is 29.4 Å². The first-order chi connectivity index (χ1) is 9.20. The molecule has 2 aromatic rings. The van der Waals surface area contributed by atoms with Gasteiger partial charge in [-0.2, -0.15) is 0 Å². The Bertz CT molecular complexity index is 541. The highest BCUT2D eigenvalue weighted by Crippen LogP contribution is 2.22. The highest BCUT2D eigenvalue weighted by Gasteiger charge is 2.09. The van der Waals surface area contributed by atoms with Crippen molar-refractivity contribution < 1.29 is 0 Å². The van der Waals surface area contributed by atoms with Crippen LogP contribution in [0.5, 0.6) is 0 Å². The Morgan fingerprint density at radius 2 is 2.21 bits per heavy atom. The van der Waals surface area contributed by atoms with Crippen molar-refractivity contribution in [1.82, 2.24) is 14.9 Å². The Balaban J connectivity index is 1.98. The van der Waals surface area contributed by atoms with Gasteiger partial charge >= 0.3 is 0 Å². The molecule has 0 radical (unpaired) electrons. The molecule has 0 atom stereocenters. The molecule has 0 amide bonds. The number of rotatable bonds is 6. The van der Waals surface area contributed by atoms with Crippen molar-refractivity contribution >= 4 is 23.4 Å². The summed E-state index contributed by atoms with van der Waals surface area (Å²) in [5.41, 5.74) is 1.15. The Hall–Kier alpha value is -1.20. The van der Waals surface area contributed by atoms with E-state index in [4.69, 9.17) is 17.4 Å². The van der Waals surface area contributed by atoms with E-state index in [2.05, 4.69) is 17.1 Å². The molecule has 1 aromatic carbocycles. The number of hydrogen-bond acceptors (Lipinski definition) is 4. The summed E-state index contributed by atoms with van der Waals surface area (Å²) in [5.74, 6) is 7.61. The molecule has 4 nitrogen and oxygen atoms in total. The van der Waals surface area contributed by atoms with Crippen LogP contribution in [-0.4, -0.2) is 14.9 Å². The molecule has 0 aliphatic heterocycles. The van der Waals surface area contributed by atoms with Gasteiger partial charge in [-0.1, -0.05) is 48.8 Å². The summed E-state index contributed by atoms with van der Waals surface area (Å²) in [4.78, 5) is 0. The highest BCUT2D eigenvalue weighted by atomic mass is 35.5. The third kappa shape index (κ3) is 3.88. The second-order valence-electron chi connectivity index (χ2n) is 4.29. The first-order valence-electron chi connectivity index (χ1n) is 6.27. The predicted molar refractivity (Wildman–Crippen MR) is 79.8 cm³/mol. The van der Waals surface area contributed by atoms with Crippen molar-refractivity contribution in [3.05, 3.63) is 40.7 Å². The normalized spacial score (nSPS) is 10.8. The summed E-state index contributed by atoms with van der Waals surface area (Å²) in [5, 5.41) is 9.74. The number of aryl methyl sites for hydroxylation is 1. The molecule has 1 aromatic heterocycles. The third-order valence-electron chi connectivity index (χ3n) is 2.75. The number of nitrogens with zero attached hydrogens (tertiary/aromatic N) is 3. The zero-order valence-electron chi connectivity index (χ0n) is 10.8. The van der Waals surface area contributed by atoms with Crippen molar-refractivity contribution in [3.8, 4) is 0 Å². The number of thioether (sulfide) groups is 1. The van der Waals surface area contributed by atoms with E-state index < -0.39 is 0 Å². The smallest absolute Gasteiger partial charge is 0.210 e. The highest BCUT2D eigenvalue weighted by molar-refractivity contribution is 7.98. The average Bonchev–Trinajstić information content (AvgIpc) is 2.75. The molecule has 6 heteroatoms. The largest absolute Gasteiger partial charge is 0.336 e. The Kier molecular flexibility index (Phi) is 5.10. The van der Waals surface area contributed by atoms with Gasteiger partial charge in [0.25, 0.3) is 0 Å². The van der Waals surface area contributed by atoms with Gasteiger partial charge in [0.15, 0.2) is 5.82 Å². The minimum absolute atomic E-state index is 0.742. The Morgan fingerprint density at radius 1 is 1.37 bits per heavy atom. The standard InChI is InChI=1S/C13H17ClN4S/c1-2-3-7-12-16-17-13(18(12)15)19-9-10-5-4-6-11(14)8-10/h4-6,8H,2-3,7,9,15H2,1H3. The molecule has 0 aliphatic carbocycles. The van der Waals surface area contributed by atoms with Crippen LogP contribution >= 0.6 is 23.4 Å². The molecule has 0 saturated heterocycles. The van der Waals surface area contributed by atoms with Gasteiger partial charge in [0.1, 0.15) is 0 Å². The van der Waals surface area contributed by atoms with E-state index in [1.807, 2.05) is 24.3 Å². The summed E-state index contributed by atoms with van der Waals surface area (Å²) >= 11 is 7.52. The lowest BCUT2D eigenvalue weighted by molar-refractivity contribution is 0.712. The van der Waals surface area contributed by atoms with Crippen LogP contribution in [0.25, 0.3) is 0 Å². The Labute approximate surface area is 122 Å². The summed E-state index contributed by atoms with van der Waals surface area (Å²) < 4.78 is 1.59. The molecule has 19 heavy (non-hydrogen) atoms. The van der Waals surface area contributed by atoms with Gasteiger partial charge in [-0.05, 0) is 24.1 Å². The molecule has 102 valence electrons. The van der Waals surface area contributed by atoms with Crippen molar-refractivity contribution in [1.29, 1.82) is 0 Å². The number of hydrogen-bond donors (Lipinski definition) is 1. The van der Waals surface area contributed by atoms with E-state index in [9.17, 15) is 0 Å². The number of aromatic nitrogens is 3. The van der Waals surface area contributed by atoms with Gasteiger partial charge in [-0.15, -0.1) is 10.2 Å². The first-order valence-corrected chi connectivity index (χ1v) is 7.63. The van der Waals surface area contributed by atoms with E-state index in [1.165, 1.54) is 0 Å². The van der Waals surface area contributed by atoms with E-state index in [0.29, 0.717) is 0 Å². The SMILES string of the molecule is CCCCc1nnc(SCc2cccc(Cl)c2)n1N. The van der Waals surface area contributed by atoms with Gasteiger partial charge in [0, 0.05) is 17.2 Å². The van der Waals surface area contributed by atoms with Crippen LogP contribution in [0, 0.1) is 0 Å². The van der Waals surface area contributed by atoms with Crippen LogP contribution in [-0.2, 0) is 12.2 Å². The number of nitrogens with two attached hydrogens (primary N) is 1. The van der Waals surface area contributed by atoms with Gasteiger partial charge in [0.2, 0.25) is 5.16 Å². The molecular weight excluding hydrogens is 280 g/mol. The summed E-state index contributed by atoms with van der Waals surface area (Å²) in [6.45, 7) is 2.14. The second kappa shape index (κ2) is 6.82. The fourth-order valence-electron chi connectivity index (χ4n) is 1.69. The number of halogens is 1. The van der Waals surface area contributed by atoms with Crippen LogP contribution in [0.3, 0.4) is 0 Å². The Morgan fingerprint density at radius 3 is 2.95 bits per heavy atom. The molecule has 1 heterocycles. The molecule has 2 rings (SSSR count). The maximum absolute atomic E-state index is 5.98. The van der Waals surface area contributed by atoms with E-state index in [1.54, 1.807) is 16.4 Å². The van der Waals surface area contributed by atoms with Crippen LogP contribution < -0.4 is 5.84 Å². The molecule has 0 unspecified atom stereocenters. The fourth-order valence-corrected chi connectivity index (χ4v) is 2.72. The van der Waals surface area contributed by atoms with Gasteiger partial charge in [-0.3, -0.25) is 0 Å². The number of benzene rings is 1. The van der Waals surface area contributed by atoms with Crippen LogP contribution in [0.2, 0.25) is 5.02 Å². The minimum atomic E-state index is 0.742. The second-order valence-corrected chi connectivity index (χ2v) is 5.67. The van der Waals surface area contributed by atoms with E-state index in [0.717, 1.165) is 46.6 Å². The molecule has 0 aliphatic rings. The summed E-state index contributed by atoms with van der Waals surface area (Å²) in [6.07, 6.45) is 3.07. The quantitative estimate of drug-likeness (QED) is 0.656. The molecule has 0 saturated carbocycles. The van der Waals surface area contributed by atoms with Crippen molar-refractivity contribution in [2.75, 3.05) is 5.84 Å². The summed E-state index contributed by atoms with van der Waals surface area (Å²) in [6, 6.07) is 7.79. The van der Waals surface area contributed by atoms with Crippen molar-refractivity contribution in [2.45, 2.75) is 37.1 Å². The lowest BCUT2D eigenvalue weighted by Crippen LogP contribution is -2.14. The maximum Gasteiger partial charge on any atom is 0.210 e. The van der Waals surface area contributed by atoms with Crippen molar-refractivity contribution in [3.63, 3.8) is 0 Å². The van der Waals surface area contributed by atoms with Gasteiger partial charge < -0.3 is 5.84 Å². The van der Waals surface area contributed by atoms with Gasteiger partial charge in [-0.25, -0.2) is 4.68 Å². The minimum Gasteiger partial charge on any atom is -0.336 e. The molecule has 0 fully saturated rings. The molecule has 0 bridgehead atoms. The first kappa shape index (κ1) is 14.2. The van der Waals surface area contributed by atoms with E-state index in [-0.39, 0.29) is 0 Å². The zero-order chi connectivity index (χ0) is 13.7. The van der Waals surface area contributed by atoms with E-state index >= 15 is 0 Å². The van der Waals surface area contributed by atoms with Crippen LogP contribution in [0.1, 0.15) is 31.2 Å². The predicted octanol–water partition coefficient (Wildman–Crippen LogP) is 3.28. The lowest BCUT2D eigenvalue weighted by atomic mass is 10.2. The van der Waals surface area contributed by atoms with Gasteiger partial charge in [0.05, 0.1) is 0 Å². The molecule has 2 N–H and O–H groups in total. The number of nitrogen functional groups attached to an aromatic ring is 1. The average molecular weight is 297 g/mol. The topological polar surface area (TPSA) is 56.7 Å². The number of unbranched alkanes of at least 4 members (excludes halogenated alkanes) is 1. The lowest BCUT2D eigenvalue weighted by Gasteiger charge is -2.03. The monoisotopic (exact) mass is 296 g/mol.